The predicted octanol–water partition coefficient (Wildman–Crippen LogP) is 1.83. The summed E-state index contributed by atoms with van der Waals surface area (Å²) >= 11 is 0. The molecule has 1 aromatic carbocycles. The monoisotopic (exact) mass is 333 g/mol. The van der Waals surface area contributed by atoms with E-state index in [2.05, 4.69) is 22.1 Å². The van der Waals surface area contributed by atoms with Gasteiger partial charge < -0.3 is 19.7 Å². The highest BCUT2D eigenvalue weighted by molar-refractivity contribution is 5.80. The Morgan fingerprint density at radius 1 is 1.29 bits per heavy atom. The fourth-order valence-corrected chi connectivity index (χ4v) is 2.79. The zero-order valence-electron chi connectivity index (χ0n) is 14.7. The van der Waals surface area contributed by atoms with E-state index in [-0.39, 0.29) is 11.9 Å². The number of ether oxygens (including phenoxy) is 2. The number of likely N-dealkylation sites (tertiary alicyclic amines) is 1. The van der Waals surface area contributed by atoms with Crippen LogP contribution in [0.2, 0.25) is 0 Å². The lowest BCUT2D eigenvalue weighted by atomic mass is 9.97. The van der Waals surface area contributed by atoms with E-state index in [1.165, 1.54) is 12.7 Å². The van der Waals surface area contributed by atoms with Crippen LogP contribution in [0.1, 0.15) is 18.4 Å². The molecule has 0 bridgehead atoms. The summed E-state index contributed by atoms with van der Waals surface area (Å²) in [6, 6.07) is 8.02. The molecular formula is C18H27N3O3. The summed E-state index contributed by atoms with van der Waals surface area (Å²) in [4.78, 5) is 18.1. The van der Waals surface area contributed by atoms with Gasteiger partial charge in [-0.25, -0.2) is 0 Å². The van der Waals surface area contributed by atoms with Gasteiger partial charge in [-0.1, -0.05) is 17.7 Å². The van der Waals surface area contributed by atoms with Crippen molar-refractivity contribution in [3.8, 4) is 5.75 Å². The number of hydrogen-bond acceptors (Lipinski definition) is 4. The van der Waals surface area contributed by atoms with Crippen LogP contribution in [0.15, 0.2) is 29.3 Å². The molecule has 1 aliphatic rings. The highest BCUT2D eigenvalue weighted by atomic mass is 16.5. The van der Waals surface area contributed by atoms with Crippen molar-refractivity contribution in [2.75, 3.05) is 40.4 Å². The quantitative estimate of drug-likeness (QED) is 0.385. The van der Waals surface area contributed by atoms with E-state index < -0.39 is 0 Å². The summed E-state index contributed by atoms with van der Waals surface area (Å²) in [7, 11) is 3.22. The lowest BCUT2D eigenvalue weighted by molar-refractivity contribution is -0.146. The first-order valence-corrected chi connectivity index (χ1v) is 8.37. The van der Waals surface area contributed by atoms with Crippen LogP contribution in [0.25, 0.3) is 0 Å². The normalized spacial score (nSPS) is 16.0. The average molecular weight is 333 g/mol. The number of hydrogen-bond donors (Lipinski definition) is 1. The van der Waals surface area contributed by atoms with Gasteiger partial charge in [0.15, 0.2) is 5.96 Å². The third-order valence-corrected chi connectivity index (χ3v) is 4.22. The second-order valence-corrected chi connectivity index (χ2v) is 5.92. The molecule has 0 aliphatic carbocycles. The Hall–Kier alpha value is -2.24. The molecule has 0 spiro atoms. The average Bonchev–Trinajstić information content (AvgIpc) is 2.63. The summed E-state index contributed by atoms with van der Waals surface area (Å²) < 4.78 is 10.5. The van der Waals surface area contributed by atoms with Gasteiger partial charge in [-0.15, -0.1) is 0 Å². The molecule has 0 radical (unpaired) electrons. The Kier molecular flexibility index (Phi) is 6.90. The molecule has 6 nitrogen and oxygen atoms in total. The number of nitrogens with one attached hydrogen (secondary N) is 1. The minimum atomic E-state index is -0.107. The molecule has 0 atom stereocenters. The fraction of sp³-hybridized carbons (Fsp3) is 0.556. The predicted molar refractivity (Wildman–Crippen MR) is 94.3 cm³/mol. The molecule has 2 rings (SSSR count). The first-order chi connectivity index (χ1) is 11.6. The molecule has 24 heavy (non-hydrogen) atoms. The number of esters is 1. The SMILES string of the molecule is CN=C(NCCOc1ccc(C)cc1)N1CCC(C(=O)OC)CC1. The van der Waals surface area contributed by atoms with Crippen molar-refractivity contribution in [3.05, 3.63) is 29.8 Å². The molecule has 0 unspecified atom stereocenters. The van der Waals surface area contributed by atoms with Crippen molar-refractivity contribution in [2.24, 2.45) is 10.9 Å². The van der Waals surface area contributed by atoms with Crippen LogP contribution in [0.5, 0.6) is 5.75 Å². The van der Waals surface area contributed by atoms with Crippen LogP contribution in [-0.2, 0) is 9.53 Å². The maximum Gasteiger partial charge on any atom is 0.308 e. The molecule has 1 fully saturated rings. The van der Waals surface area contributed by atoms with Crippen molar-refractivity contribution in [1.29, 1.82) is 0 Å². The van der Waals surface area contributed by atoms with Crippen LogP contribution < -0.4 is 10.1 Å². The first kappa shape index (κ1) is 18.1. The summed E-state index contributed by atoms with van der Waals surface area (Å²) in [6.45, 7) is 4.91. The highest BCUT2D eigenvalue weighted by Crippen LogP contribution is 2.18. The zero-order chi connectivity index (χ0) is 17.4. The minimum Gasteiger partial charge on any atom is -0.492 e. The van der Waals surface area contributed by atoms with Gasteiger partial charge in [-0.05, 0) is 31.9 Å². The number of carbonyl (C=O) groups excluding carboxylic acids is 1. The fourth-order valence-electron chi connectivity index (χ4n) is 2.79. The van der Waals surface area contributed by atoms with Gasteiger partial charge in [0, 0.05) is 20.1 Å². The smallest absolute Gasteiger partial charge is 0.308 e. The number of guanidine groups is 1. The molecule has 132 valence electrons. The minimum absolute atomic E-state index is 0.00854. The number of nitrogens with zero attached hydrogens (tertiary/aromatic N) is 2. The molecule has 1 aromatic rings. The first-order valence-electron chi connectivity index (χ1n) is 8.37. The maximum atomic E-state index is 11.6. The molecule has 1 aliphatic heterocycles. The van der Waals surface area contributed by atoms with E-state index >= 15 is 0 Å². The molecule has 0 aromatic heterocycles. The van der Waals surface area contributed by atoms with Gasteiger partial charge in [-0.2, -0.15) is 0 Å². The van der Waals surface area contributed by atoms with E-state index in [1.54, 1.807) is 7.05 Å². The lowest BCUT2D eigenvalue weighted by Gasteiger charge is -2.33. The van der Waals surface area contributed by atoms with Crippen LogP contribution in [0.4, 0.5) is 0 Å². The van der Waals surface area contributed by atoms with Crippen LogP contribution in [0, 0.1) is 12.8 Å². The zero-order valence-corrected chi connectivity index (χ0v) is 14.7. The summed E-state index contributed by atoms with van der Waals surface area (Å²) in [6.07, 6.45) is 1.60. The van der Waals surface area contributed by atoms with Gasteiger partial charge >= 0.3 is 5.97 Å². The van der Waals surface area contributed by atoms with Crippen molar-refractivity contribution >= 4 is 11.9 Å². The van der Waals surface area contributed by atoms with Crippen molar-refractivity contribution in [2.45, 2.75) is 19.8 Å². The van der Waals surface area contributed by atoms with E-state index in [0.29, 0.717) is 13.2 Å². The molecule has 0 saturated carbocycles. The Labute approximate surface area is 143 Å². The van der Waals surface area contributed by atoms with Crippen LogP contribution in [0.3, 0.4) is 0 Å². The van der Waals surface area contributed by atoms with Crippen LogP contribution >= 0.6 is 0 Å². The lowest BCUT2D eigenvalue weighted by Crippen LogP contribution is -2.47. The van der Waals surface area contributed by atoms with E-state index in [9.17, 15) is 4.79 Å². The number of aliphatic imine (C=N–C) groups is 1. The summed E-state index contributed by atoms with van der Waals surface area (Å²) in [5.41, 5.74) is 1.22. The van der Waals surface area contributed by atoms with Gasteiger partial charge in [0.05, 0.1) is 19.6 Å². The van der Waals surface area contributed by atoms with Gasteiger partial charge in [0.25, 0.3) is 0 Å². The second kappa shape index (κ2) is 9.15. The summed E-state index contributed by atoms with van der Waals surface area (Å²) in [5.74, 6) is 1.63. The van der Waals surface area contributed by atoms with E-state index in [1.807, 2.05) is 24.3 Å². The number of methoxy groups -OCH3 is 1. The maximum absolute atomic E-state index is 11.6. The Balaban J connectivity index is 1.71. The van der Waals surface area contributed by atoms with Crippen molar-refractivity contribution in [1.82, 2.24) is 10.2 Å². The van der Waals surface area contributed by atoms with Gasteiger partial charge in [0.2, 0.25) is 0 Å². The van der Waals surface area contributed by atoms with Crippen molar-refractivity contribution < 1.29 is 14.3 Å². The van der Waals surface area contributed by atoms with E-state index in [4.69, 9.17) is 9.47 Å². The Morgan fingerprint density at radius 2 is 1.96 bits per heavy atom. The Bertz CT molecular complexity index is 549. The third kappa shape index (κ3) is 5.15. The molecule has 1 heterocycles. The molecule has 0 amide bonds. The Morgan fingerprint density at radius 3 is 2.54 bits per heavy atom. The highest BCUT2D eigenvalue weighted by Gasteiger charge is 2.26. The number of carbonyl (C=O) groups is 1. The number of rotatable bonds is 5. The second-order valence-electron chi connectivity index (χ2n) is 5.92. The number of benzene rings is 1. The van der Waals surface area contributed by atoms with Gasteiger partial charge in [0.1, 0.15) is 12.4 Å². The number of piperidine rings is 1. The molecule has 1 N–H and O–H groups in total. The largest absolute Gasteiger partial charge is 0.492 e. The topological polar surface area (TPSA) is 63.2 Å². The van der Waals surface area contributed by atoms with Crippen molar-refractivity contribution in [3.63, 3.8) is 0 Å². The summed E-state index contributed by atoms with van der Waals surface area (Å²) in [5, 5.41) is 3.31. The standard InChI is InChI=1S/C18H27N3O3/c1-14-4-6-16(7-5-14)24-13-10-20-18(19-2)21-11-8-15(9-12-21)17(22)23-3/h4-7,15H,8-13H2,1-3H3,(H,19,20). The molecule has 1 saturated heterocycles. The molecule has 6 heteroatoms. The molecular weight excluding hydrogens is 306 g/mol. The van der Waals surface area contributed by atoms with Crippen LogP contribution in [-0.4, -0.2) is 57.2 Å². The third-order valence-electron chi connectivity index (χ3n) is 4.22. The van der Waals surface area contributed by atoms with E-state index in [0.717, 1.165) is 37.6 Å². The van der Waals surface area contributed by atoms with Gasteiger partial charge in [-0.3, -0.25) is 9.79 Å². The number of aryl methyl sites for hydroxylation is 1.